The number of nitrogens with zero attached hydrogens (tertiary/aromatic N) is 1. The molecule has 0 bridgehead atoms. The van der Waals surface area contributed by atoms with Crippen LogP contribution in [0.5, 0.6) is 0 Å². The minimum atomic E-state index is -0.562. The number of aromatic amines is 1. The number of anilines is 1. The number of benzene rings is 1. The molecule has 0 amide bonds. The Morgan fingerprint density at radius 3 is 2.80 bits per heavy atom. The molecule has 1 aliphatic rings. The Labute approximate surface area is 157 Å². The number of nitrogens with one attached hydrogen (secondary N) is 2. The van der Waals surface area contributed by atoms with Crippen LogP contribution in [0.15, 0.2) is 50.0 Å². The molecule has 0 unspecified atom stereocenters. The molecule has 6 nitrogen and oxygen atoms in total. The van der Waals surface area contributed by atoms with Crippen LogP contribution < -0.4 is 10.9 Å². The Hall–Kier alpha value is -2.06. The molecule has 2 aromatic rings. The van der Waals surface area contributed by atoms with Gasteiger partial charge in [-0.3, -0.25) is 4.79 Å². The highest BCUT2D eigenvalue weighted by Crippen LogP contribution is 2.40. The van der Waals surface area contributed by atoms with E-state index in [1.165, 1.54) is 18.9 Å². The topological polar surface area (TPSA) is 84.1 Å². The lowest BCUT2D eigenvalue weighted by Gasteiger charge is -2.28. The van der Waals surface area contributed by atoms with Crippen molar-refractivity contribution in [3.63, 3.8) is 0 Å². The van der Waals surface area contributed by atoms with Gasteiger partial charge in [0, 0.05) is 10.2 Å². The monoisotopic (exact) mass is 421 g/mol. The van der Waals surface area contributed by atoms with E-state index in [2.05, 4.69) is 31.2 Å². The first kappa shape index (κ1) is 17.8. The fourth-order valence-electron chi connectivity index (χ4n) is 2.93. The maximum Gasteiger partial charge on any atom is 0.336 e. The molecule has 0 fully saturated rings. The van der Waals surface area contributed by atoms with Crippen LogP contribution in [0, 0.1) is 0 Å². The number of carbonyl (C=O) groups excluding carboxylic acids is 1. The van der Waals surface area contributed by atoms with Gasteiger partial charge in [0.2, 0.25) is 0 Å². The van der Waals surface area contributed by atoms with Gasteiger partial charge < -0.3 is 15.0 Å². The van der Waals surface area contributed by atoms with Gasteiger partial charge in [0.15, 0.2) is 5.16 Å². The quantitative estimate of drug-likeness (QED) is 0.449. The number of carbonyl (C=O) groups is 1. The number of hydrogen-bond donors (Lipinski definition) is 2. The molecule has 2 N–H and O–H groups in total. The van der Waals surface area contributed by atoms with E-state index in [4.69, 9.17) is 4.74 Å². The number of aromatic nitrogens is 2. The summed E-state index contributed by atoms with van der Waals surface area (Å²) in [5.74, 6) is -0.578. The number of allylic oxidation sites excluding steroid dienone is 1. The first-order valence-corrected chi connectivity index (χ1v) is 9.47. The number of halogens is 1. The van der Waals surface area contributed by atoms with Crippen molar-refractivity contribution in [2.24, 2.45) is 0 Å². The second-order valence-corrected chi connectivity index (χ2v) is 7.19. The molecule has 0 radical (unpaired) electrons. The van der Waals surface area contributed by atoms with Crippen LogP contribution in [0.1, 0.15) is 24.0 Å². The minimum Gasteiger partial charge on any atom is -0.466 e. The predicted molar refractivity (Wildman–Crippen MR) is 101 cm³/mol. The molecular formula is C17H16BrN3O3S. The summed E-state index contributed by atoms with van der Waals surface area (Å²) in [6.07, 6.45) is 1.84. The number of hydrogen-bond acceptors (Lipinski definition) is 6. The summed E-state index contributed by atoms with van der Waals surface area (Å²) in [5.41, 5.74) is 1.95. The van der Waals surface area contributed by atoms with Crippen molar-refractivity contribution >= 4 is 39.5 Å². The summed E-state index contributed by atoms with van der Waals surface area (Å²) >= 11 is 4.79. The van der Waals surface area contributed by atoms with Gasteiger partial charge in [-0.15, -0.1) is 0 Å². The SMILES string of the molecule is COC(=O)C1=C(C)Nc2nc(SC)[nH]c(=O)c2[C@@H]1c1cccc(Br)c1. The Morgan fingerprint density at radius 1 is 1.40 bits per heavy atom. The zero-order chi connectivity index (χ0) is 18.1. The van der Waals surface area contributed by atoms with Gasteiger partial charge in [-0.1, -0.05) is 39.8 Å². The van der Waals surface area contributed by atoms with Crippen molar-refractivity contribution in [2.45, 2.75) is 18.0 Å². The van der Waals surface area contributed by atoms with Gasteiger partial charge in [0.25, 0.3) is 5.56 Å². The second kappa shape index (κ2) is 7.05. The maximum absolute atomic E-state index is 12.7. The van der Waals surface area contributed by atoms with E-state index < -0.39 is 11.9 Å². The van der Waals surface area contributed by atoms with Crippen molar-refractivity contribution in [2.75, 3.05) is 18.7 Å². The second-order valence-electron chi connectivity index (χ2n) is 5.48. The van der Waals surface area contributed by atoms with Crippen molar-refractivity contribution in [1.29, 1.82) is 0 Å². The fraction of sp³-hybridized carbons (Fsp3) is 0.235. The Balaban J connectivity index is 2.30. The van der Waals surface area contributed by atoms with E-state index in [1.807, 2.05) is 30.5 Å². The average Bonchev–Trinajstić information content (AvgIpc) is 2.59. The molecule has 1 aliphatic heterocycles. The first-order chi connectivity index (χ1) is 12.0. The van der Waals surface area contributed by atoms with Crippen molar-refractivity contribution in [3.05, 3.63) is 61.5 Å². The van der Waals surface area contributed by atoms with E-state index in [-0.39, 0.29) is 5.56 Å². The molecule has 0 aliphatic carbocycles. The summed E-state index contributed by atoms with van der Waals surface area (Å²) in [5, 5.41) is 3.59. The largest absolute Gasteiger partial charge is 0.466 e. The molecule has 130 valence electrons. The van der Waals surface area contributed by atoms with E-state index in [0.717, 1.165) is 10.0 Å². The number of esters is 1. The highest BCUT2D eigenvalue weighted by atomic mass is 79.9. The van der Waals surface area contributed by atoms with Gasteiger partial charge in [-0.05, 0) is 30.9 Å². The van der Waals surface area contributed by atoms with Gasteiger partial charge in [0.1, 0.15) is 5.82 Å². The molecule has 25 heavy (non-hydrogen) atoms. The fourth-order valence-corrected chi connectivity index (χ4v) is 3.72. The number of ether oxygens (including phenoxy) is 1. The van der Waals surface area contributed by atoms with Crippen LogP contribution in [-0.2, 0) is 9.53 Å². The molecule has 1 aromatic carbocycles. The molecule has 3 rings (SSSR count). The third-order valence-electron chi connectivity index (χ3n) is 4.00. The van der Waals surface area contributed by atoms with E-state index >= 15 is 0 Å². The summed E-state index contributed by atoms with van der Waals surface area (Å²) in [6.45, 7) is 1.78. The summed E-state index contributed by atoms with van der Waals surface area (Å²) in [6, 6.07) is 7.52. The molecule has 8 heteroatoms. The Kier molecular flexibility index (Phi) is 5.01. The van der Waals surface area contributed by atoms with Crippen LogP contribution in [0.2, 0.25) is 0 Å². The van der Waals surface area contributed by atoms with Gasteiger partial charge in [0.05, 0.1) is 24.2 Å². The highest BCUT2D eigenvalue weighted by molar-refractivity contribution is 9.10. The van der Waals surface area contributed by atoms with E-state index in [0.29, 0.717) is 27.8 Å². The van der Waals surface area contributed by atoms with Crippen LogP contribution in [0.4, 0.5) is 5.82 Å². The average molecular weight is 422 g/mol. The van der Waals surface area contributed by atoms with E-state index in [1.54, 1.807) is 6.92 Å². The molecule has 2 heterocycles. The molecule has 0 saturated heterocycles. The van der Waals surface area contributed by atoms with Crippen molar-refractivity contribution in [1.82, 2.24) is 9.97 Å². The highest BCUT2D eigenvalue weighted by Gasteiger charge is 2.36. The van der Waals surface area contributed by atoms with Crippen LogP contribution in [0.25, 0.3) is 0 Å². The third kappa shape index (κ3) is 3.23. The van der Waals surface area contributed by atoms with Crippen LogP contribution in [-0.4, -0.2) is 29.3 Å². The summed E-state index contributed by atoms with van der Waals surface area (Å²) in [7, 11) is 1.33. The lowest BCUT2D eigenvalue weighted by Crippen LogP contribution is -2.30. The van der Waals surface area contributed by atoms with Crippen molar-refractivity contribution < 1.29 is 9.53 Å². The zero-order valence-electron chi connectivity index (χ0n) is 13.8. The zero-order valence-corrected chi connectivity index (χ0v) is 16.2. The Morgan fingerprint density at radius 2 is 2.16 bits per heavy atom. The summed E-state index contributed by atoms with van der Waals surface area (Å²) < 4.78 is 5.81. The van der Waals surface area contributed by atoms with Gasteiger partial charge >= 0.3 is 5.97 Å². The smallest absolute Gasteiger partial charge is 0.336 e. The standard InChI is InChI=1S/C17H16BrN3O3S/c1-8-11(16(23)24-2)12(9-5-4-6-10(18)7-9)13-14(19-8)20-17(25-3)21-15(13)22/h4-7,12H,1-3H3,(H2,19,20,21,22)/t12-/m1/s1. The maximum atomic E-state index is 12.7. The number of thioether (sulfide) groups is 1. The number of methoxy groups -OCH3 is 1. The van der Waals surface area contributed by atoms with Gasteiger partial charge in [-0.2, -0.15) is 0 Å². The lowest BCUT2D eigenvalue weighted by molar-refractivity contribution is -0.136. The van der Waals surface area contributed by atoms with Gasteiger partial charge in [-0.25, -0.2) is 9.78 Å². The number of H-pyrrole nitrogens is 1. The van der Waals surface area contributed by atoms with Crippen LogP contribution in [0.3, 0.4) is 0 Å². The lowest BCUT2D eigenvalue weighted by atomic mass is 9.82. The van der Waals surface area contributed by atoms with E-state index in [9.17, 15) is 9.59 Å². The molecule has 0 saturated carbocycles. The Bertz CT molecular complexity index is 939. The van der Waals surface area contributed by atoms with Crippen LogP contribution >= 0.6 is 27.7 Å². The normalized spacial score (nSPS) is 16.2. The molecular weight excluding hydrogens is 406 g/mol. The number of fused-ring (bicyclic) bond motifs is 1. The minimum absolute atomic E-state index is 0.277. The summed E-state index contributed by atoms with van der Waals surface area (Å²) in [4.78, 5) is 32.4. The molecule has 0 spiro atoms. The van der Waals surface area contributed by atoms with Crippen molar-refractivity contribution in [3.8, 4) is 0 Å². The first-order valence-electron chi connectivity index (χ1n) is 7.46. The predicted octanol–water partition coefficient (Wildman–Crippen LogP) is 3.26. The molecule has 1 atom stereocenters. The molecule has 1 aromatic heterocycles. The number of rotatable bonds is 3. The third-order valence-corrected chi connectivity index (χ3v) is 5.07.